The summed E-state index contributed by atoms with van der Waals surface area (Å²) in [5.74, 6) is 1.31. The number of carbonyl (C=O) groups excluding carboxylic acids is 1. The van der Waals surface area contributed by atoms with Gasteiger partial charge in [0.25, 0.3) is 0 Å². The van der Waals surface area contributed by atoms with Crippen LogP contribution in [0.3, 0.4) is 0 Å². The summed E-state index contributed by atoms with van der Waals surface area (Å²) in [6.45, 7) is -0.201. The third-order valence-electron chi connectivity index (χ3n) is 6.47. The number of halogens is 2. The van der Waals surface area contributed by atoms with Crippen molar-refractivity contribution in [3.8, 4) is 0 Å². The van der Waals surface area contributed by atoms with Crippen LogP contribution in [0.4, 0.5) is 4.39 Å². The molecular weight excluding hydrogens is 363 g/mol. The SMILES string of the molecule is O=C(O[C@H]1CC[C@H](CCCCF)CC1)[C@H]1CC[C@H](c2ccc(Cl)cc2)CC1. The highest BCUT2D eigenvalue weighted by Gasteiger charge is 2.31. The maximum absolute atomic E-state index is 12.6. The number of unbranched alkanes of at least 4 members (excludes halogenated alkanes) is 1. The molecule has 0 radical (unpaired) electrons. The van der Waals surface area contributed by atoms with Crippen molar-refractivity contribution < 1.29 is 13.9 Å². The summed E-state index contributed by atoms with van der Waals surface area (Å²) in [4.78, 5) is 12.6. The average Bonchev–Trinajstić information content (AvgIpc) is 2.70. The van der Waals surface area contributed by atoms with Gasteiger partial charge >= 0.3 is 5.97 Å². The van der Waals surface area contributed by atoms with Gasteiger partial charge in [0.15, 0.2) is 0 Å². The third kappa shape index (κ3) is 6.20. The van der Waals surface area contributed by atoms with Gasteiger partial charge in [-0.3, -0.25) is 9.18 Å². The molecule has 0 saturated heterocycles. The second-order valence-corrected chi connectivity index (χ2v) is 8.80. The van der Waals surface area contributed by atoms with Gasteiger partial charge in [-0.05, 0) is 87.3 Å². The van der Waals surface area contributed by atoms with Crippen molar-refractivity contribution >= 4 is 17.6 Å². The van der Waals surface area contributed by atoms with Crippen molar-refractivity contribution in [3.05, 3.63) is 34.9 Å². The summed E-state index contributed by atoms with van der Waals surface area (Å²) in [5, 5.41) is 0.771. The van der Waals surface area contributed by atoms with E-state index in [9.17, 15) is 9.18 Å². The fourth-order valence-electron chi connectivity index (χ4n) is 4.72. The largest absolute Gasteiger partial charge is 0.462 e. The van der Waals surface area contributed by atoms with Crippen LogP contribution in [0.15, 0.2) is 24.3 Å². The van der Waals surface area contributed by atoms with Gasteiger partial charge in [-0.15, -0.1) is 0 Å². The predicted octanol–water partition coefficient (Wildman–Crippen LogP) is 6.86. The van der Waals surface area contributed by atoms with Gasteiger partial charge in [0.2, 0.25) is 0 Å². The van der Waals surface area contributed by atoms with Gasteiger partial charge in [0.1, 0.15) is 6.10 Å². The van der Waals surface area contributed by atoms with Crippen molar-refractivity contribution in [1.82, 2.24) is 0 Å². The number of alkyl halides is 1. The standard InChI is InChI=1S/C23H32ClFO2/c24-21-12-10-19(11-13-21)18-6-8-20(9-7-18)23(26)27-22-14-4-17(5-15-22)3-1-2-16-25/h10-13,17-18,20,22H,1-9,14-16H2/t17-,18-,20-,22-. The molecule has 0 heterocycles. The van der Waals surface area contributed by atoms with Gasteiger partial charge in [-0.1, -0.05) is 36.6 Å². The Balaban J connectivity index is 1.37. The molecular formula is C23H32ClFO2. The van der Waals surface area contributed by atoms with Crippen molar-refractivity contribution in [2.24, 2.45) is 11.8 Å². The molecule has 2 nitrogen and oxygen atoms in total. The second-order valence-electron chi connectivity index (χ2n) is 8.36. The topological polar surface area (TPSA) is 26.3 Å². The monoisotopic (exact) mass is 394 g/mol. The van der Waals surface area contributed by atoms with Crippen LogP contribution in [0.5, 0.6) is 0 Å². The normalized spacial score (nSPS) is 28.7. The van der Waals surface area contributed by atoms with Gasteiger partial charge in [-0.2, -0.15) is 0 Å². The first-order chi connectivity index (χ1) is 13.2. The zero-order chi connectivity index (χ0) is 19.1. The summed E-state index contributed by atoms with van der Waals surface area (Å²) in [6.07, 6.45) is 11.0. The molecule has 2 aliphatic rings. The molecule has 0 atom stereocenters. The lowest BCUT2D eigenvalue weighted by atomic mass is 9.78. The highest BCUT2D eigenvalue weighted by molar-refractivity contribution is 6.30. The minimum absolute atomic E-state index is 0.0189. The molecule has 0 unspecified atom stereocenters. The minimum Gasteiger partial charge on any atom is -0.462 e. The fourth-order valence-corrected chi connectivity index (χ4v) is 4.85. The lowest BCUT2D eigenvalue weighted by molar-refractivity contribution is -0.157. The Bertz CT molecular complexity index is 573. The van der Waals surface area contributed by atoms with Crippen molar-refractivity contribution in [2.75, 3.05) is 6.67 Å². The Morgan fingerprint density at radius 3 is 2.26 bits per heavy atom. The molecule has 2 fully saturated rings. The first kappa shape index (κ1) is 20.6. The fraction of sp³-hybridized carbons (Fsp3) is 0.696. The van der Waals surface area contributed by atoms with Gasteiger partial charge in [0.05, 0.1) is 12.6 Å². The molecule has 3 rings (SSSR count). The Kier molecular flexibility index (Phi) is 7.99. The molecule has 4 heteroatoms. The summed E-state index contributed by atoms with van der Waals surface area (Å²) in [5.41, 5.74) is 1.33. The van der Waals surface area contributed by atoms with Crippen LogP contribution in [0.25, 0.3) is 0 Å². The Labute approximate surface area is 167 Å². The molecule has 2 saturated carbocycles. The number of benzene rings is 1. The number of hydrogen-bond donors (Lipinski definition) is 0. The van der Waals surface area contributed by atoms with E-state index in [0.29, 0.717) is 18.3 Å². The highest BCUT2D eigenvalue weighted by atomic mass is 35.5. The van der Waals surface area contributed by atoms with Gasteiger partial charge < -0.3 is 4.74 Å². The number of rotatable bonds is 7. The zero-order valence-electron chi connectivity index (χ0n) is 16.2. The van der Waals surface area contributed by atoms with Gasteiger partial charge in [-0.25, -0.2) is 0 Å². The van der Waals surface area contributed by atoms with Crippen LogP contribution >= 0.6 is 11.6 Å². The average molecular weight is 395 g/mol. The van der Waals surface area contributed by atoms with Gasteiger partial charge in [0, 0.05) is 5.02 Å². The number of ether oxygens (including phenoxy) is 1. The molecule has 27 heavy (non-hydrogen) atoms. The summed E-state index contributed by atoms with van der Waals surface area (Å²) < 4.78 is 18.0. The summed E-state index contributed by atoms with van der Waals surface area (Å²) in [6, 6.07) is 8.12. The molecule has 0 amide bonds. The van der Waals surface area contributed by atoms with Crippen LogP contribution in [0, 0.1) is 11.8 Å². The molecule has 0 aromatic heterocycles. The molecule has 1 aromatic rings. The molecule has 0 spiro atoms. The number of esters is 1. The third-order valence-corrected chi connectivity index (χ3v) is 6.73. The van der Waals surface area contributed by atoms with E-state index in [0.717, 1.165) is 69.2 Å². The van der Waals surface area contributed by atoms with Crippen LogP contribution in [0.1, 0.15) is 82.1 Å². The highest BCUT2D eigenvalue weighted by Crippen LogP contribution is 2.37. The minimum atomic E-state index is -0.201. The predicted molar refractivity (Wildman–Crippen MR) is 108 cm³/mol. The van der Waals surface area contributed by atoms with E-state index >= 15 is 0 Å². The van der Waals surface area contributed by atoms with E-state index in [2.05, 4.69) is 12.1 Å². The van der Waals surface area contributed by atoms with E-state index < -0.39 is 0 Å². The Hall–Kier alpha value is -1.09. The van der Waals surface area contributed by atoms with E-state index in [4.69, 9.17) is 16.3 Å². The van der Waals surface area contributed by atoms with E-state index in [1.807, 2.05) is 12.1 Å². The molecule has 0 bridgehead atoms. The van der Waals surface area contributed by atoms with E-state index in [1.165, 1.54) is 5.56 Å². The van der Waals surface area contributed by atoms with E-state index in [1.54, 1.807) is 0 Å². The molecule has 0 N–H and O–H groups in total. The summed E-state index contributed by atoms with van der Waals surface area (Å²) >= 11 is 5.97. The molecule has 150 valence electrons. The first-order valence-electron chi connectivity index (χ1n) is 10.7. The quantitative estimate of drug-likeness (QED) is 0.373. The maximum Gasteiger partial charge on any atom is 0.309 e. The number of hydrogen-bond acceptors (Lipinski definition) is 2. The smallest absolute Gasteiger partial charge is 0.309 e. The molecule has 2 aliphatic carbocycles. The number of carbonyl (C=O) groups is 1. The zero-order valence-corrected chi connectivity index (χ0v) is 16.9. The van der Waals surface area contributed by atoms with Crippen LogP contribution < -0.4 is 0 Å². The lowest BCUT2D eigenvalue weighted by Crippen LogP contribution is -2.29. The Morgan fingerprint density at radius 2 is 1.63 bits per heavy atom. The molecule has 1 aromatic carbocycles. The van der Waals surface area contributed by atoms with Crippen LogP contribution in [0.2, 0.25) is 5.02 Å². The lowest BCUT2D eigenvalue weighted by Gasteiger charge is -2.31. The first-order valence-corrected chi connectivity index (χ1v) is 11.1. The van der Waals surface area contributed by atoms with Crippen molar-refractivity contribution in [2.45, 2.75) is 82.7 Å². The van der Waals surface area contributed by atoms with Crippen LogP contribution in [-0.2, 0) is 9.53 Å². The van der Waals surface area contributed by atoms with E-state index in [-0.39, 0.29) is 24.7 Å². The van der Waals surface area contributed by atoms with Crippen molar-refractivity contribution in [3.63, 3.8) is 0 Å². The van der Waals surface area contributed by atoms with Crippen molar-refractivity contribution in [1.29, 1.82) is 0 Å². The maximum atomic E-state index is 12.6. The molecule has 0 aliphatic heterocycles. The van der Waals surface area contributed by atoms with Crippen LogP contribution in [-0.4, -0.2) is 18.7 Å². The second kappa shape index (κ2) is 10.5. The summed E-state index contributed by atoms with van der Waals surface area (Å²) in [7, 11) is 0. The Morgan fingerprint density at radius 1 is 0.963 bits per heavy atom.